The maximum absolute atomic E-state index is 15.3. The molecular weight excluding hydrogens is 557 g/mol. The van der Waals surface area contributed by atoms with Crippen molar-refractivity contribution in [2.75, 3.05) is 23.1 Å². The van der Waals surface area contributed by atoms with Crippen LogP contribution < -0.4 is 16.0 Å². The van der Waals surface area contributed by atoms with Crippen LogP contribution in [0.5, 0.6) is 0 Å². The topological polar surface area (TPSA) is 103 Å². The van der Waals surface area contributed by atoms with Crippen molar-refractivity contribution >= 4 is 40.5 Å². The van der Waals surface area contributed by atoms with Gasteiger partial charge in [0.15, 0.2) is 11.6 Å². The fraction of sp³-hybridized carbons (Fsp3) is 0.300. The first-order valence-electron chi connectivity index (χ1n) is 13.1. The van der Waals surface area contributed by atoms with Crippen LogP contribution in [0, 0.1) is 40.6 Å². The quantitative estimate of drug-likeness (QED) is 0.272. The smallest absolute Gasteiger partial charge is 0.337 e. The van der Waals surface area contributed by atoms with Gasteiger partial charge in [0.2, 0.25) is 5.91 Å². The number of nitriles is 1. The van der Waals surface area contributed by atoms with Crippen molar-refractivity contribution in [3.8, 4) is 6.07 Å². The van der Waals surface area contributed by atoms with Crippen LogP contribution in [0.15, 0.2) is 48.5 Å². The number of benzene rings is 3. The van der Waals surface area contributed by atoms with E-state index in [9.17, 15) is 23.6 Å². The maximum atomic E-state index is 15.3. The Hall–Kier alpha value is -4.23. The van der Waals surface area contributed by atoms with Gasteiger partial charge in [0, 0.05) is 17.2 Å². The molecular formula is C30H26ClF3N4O3. The number of fused-ring (bicyclic) bond motifs is 1. The zero-order chi connectivity index (χ0) is 29.3. The third-order valence-electron chi connectivity index (χ3n) is 7.77. The number of nitrogens with zero attached hydrogens (tertiary/aromatic N) is 1. The van der Waals surface area contributed by atoms with E-state index in [4.69, 9.17) is 11.6 Å². The number of hydrogen-bond donors (Lipinski definition) is 3. The molecule has 0 radical (unpaired) electrons. The van der Waals surface area contributed by atoms with Crippen LogP contribution in [0.1, 0.15) is 53.6 Å². The van der Waals surface area contributed by atoms with E-state index >= 15 is 4.39 Å². The van der Waals surface area contributed by atoms with Crippen molar-refractivity contribution < 1.29 is 27.5 Å². The van der Waals surface area contributed by atoms with Gasteiger partial charge in [-0.2, -0.15) is 5.26 Å². The van der Waals surface area contributed by atoms with Gasteiger partial charge in [0.05, 0.1) is 41.2 Å². The molecule has 1 unspecified atom stereocenters. The highest BCUT2D eigenvalue weighted by molar-refractivity contribution is 6.30. The van der Waals surface area contributed by atoms with Crippen LogP contribution >= 0.6 is 11.6 Å². The van der Waals surface area contributed by atoms with E-state index in [1.165, 1.54) is 0 Å². The first-order chi connectivity index (χ1) is 19.7. The molecule has 11 heteroatoms. The zero-order valence-electron chi connectivity index (χ0n) is 22.0. The lowest BCUT2D eigenvalue weighted by Crippen LogP contribution is -2.54. The molecule has 1 fully saturated rings. The number of esters is 1. The Bertz CT molecular complexity index is 1520. The fourth-order valence-corrected chi connectivity index (χ4v) is 6.02. The summed E-state index contributed by atoms with van der Waals surface area (Å²) in [7, 11) is 1.13. The van der Waals surface area contributed by atoms with Gasteiger partial charge < -0.3 is 20.7 Å². The summed E-state index contributed by atoms with van der Waals surface area (Å²) < 4.78 is 48.5. The third kappa shape index (κ3) is 5.30. The van der Waals surface area contributed by atoms with Gasteiger partial charge >= 0.3 is 5.97 Å². The molecule has 1 heterocycles. The van der Waals surface area contributed by atoms with E-state index in [0.29, 0.717) is 23.4 Å². The number of nitrogens with one attached hydrogen (secondary N) is 3. The molecule has 2 aliphatic rings. The van der Waals surface area contributed by atoms with Gasteiger partial charge in [-0.25, -0.2) is 18.0 Å². The second kappa shape index (κ2) is 11.3. The Labute approximate surface area is 239 Å². The summed E-state index contributed by atoms with van der Waals surface area (Å²) >= 11 is 6.16. The molecule has 5 rings (SSSR count). The molecule has 3 N–H and O–H groups in total. The molecule has 212 valence electrons. The highest BCUT2D eigenvalue weighted by Crippen LogP contribution is 2.49. The van der Waals surface area contributed by atoms with Crippen molar-refractivity contribution in [2.24, 2.45) is 11.8 Å². The Balaban J connectivity index is 1.63. The number of ether oxygens (including phenoxy) is 1. The molecule has 0 saturated heterocycles. The van der Waals surface area contributed by atoms with Crippen molar-refractivity contribution in [2.45, 2.75) is 37.8 Å². The second-order valence-electron chi connectivity index (χ2n) is 10.2. The number of amides is 1. The van der Waals surface area contributed by atoms with Gasteiger partial charge in [0.25, 0.3) is 0 Å². The number of hydrogen-bond acceptors (Lipinski definition) is 6. The highest BCUT2D eigenvalue weighted by atomic mass is 35.5. The Morgan fingerprint density at radius 1 is 1.00 bits per heavy atom. The average molecular weight is 583 g/mol. The fourth-order valence-electron chi connectivity index (χ4n) is 5.89. The molecule has 1 aliphatic heterocycles. The van der Waals surface area contributed by atoms with Gasteiger partial charge in [-0.15, -0.1) is 0 Å². The van der Waals surface area contributed by atoms with Crippen molar-refractivity contribution in [3.05, 3.63) is 87.7 Å². The first-order valence-corrected chi connectivity index (χ1v) is 13.5. The van der Waals surface area contributed by atoms with E-state index in [1.54, 1.807) is 24.3 Å². The van der Waals surface area contributed by atoms with Crippen LogP contribution in [-0.2, 0) is 15.2 Å². The number of rotatable bonds is 6. The van der Waals surface area contributed by atoms with Crippen LogP contribution in [0.3, 0.4) is 0 Å². The van der Waals surface area contributed by atoms with E-state index in [0.717, 1.165) is 50.6 Å². The summed E-state index contributed by atoms with van der Waals surface area (Å²) in [6.45, 7) is 0. The summed E-state index contributed by atoms with van der Waals surface area (Å²) in [6.07, 6.45) is 4.04. The summed E-state index contributed by atoms with van der Waals surface area (Å²) in [4.78, 5) is 26.3. The second-order valence-corrected chi connectivity index (χ2v) is 10.7. The Morgan fingerprint density at radius 2 is 1.61 bits per heavy atom. The van der Waals surface area contributed by atoms with Gasteiger partial charge in [0.1, 0.15) is 17.5 Å². The predicted molar refractivity (Wildman–Crippen MR) is 148 cm³/mol. The van der Waals surface area contributed by atoms with Gasteiger partial charge in [-0.05, 0) is 48.6 Å². The van der Waals surface area contributed by atoms with E-state index in [1.807, 2.05) is 6.07 Å². The number of carbonyl (C=O) groups is 2. The molecule has 0 aromatic heterocycles. The zero-order valence-corrected chi connectivity index (χ0v) is 22.7. The first kappa shape index (κ1) is 28.3. The lowest BCUT2D eigenvalue weighted by Gasteiger charge is -2.43. The van der Waals surface area contributed by atoms with Crippen molar-refractivity contribution in [1.82, 2.24) is 0 Å². The normalized spacial score (nSPS) is 16.5. The Kier molecular flexibility index (Phi) is 7.82. The highest BCUT2D eigenvalue weighted by Gasteiger charge is 2.52. The molecule has 1 atom stereocenters. The summed E-state index contributed by atoms with van der Waals surface area (Å²) in [5.41, 5.74) is -1.18. The molecule has 41 heavy (non-hydrogen) atoms. The molecule has 1 amide bonds. The summed E-state index contributed by atoms with van der Waals surface area (Å²) in [5, 5.41) is 19.3. The molecule has 0 spiro atoms. The largest absolute Gasteiger partial charge is 0.465 e. The molecule has 1 aliphatic carbocycles. The maximum Gasteiger partial charge on any atom is 0.337 e. The minimum absolute atomic E-state index is 0.181. The lowest BCUT2D eigenvalue weighted by atomic mass is 9.71. The Morgan fingerprint density at radius 3 is 2.17 bits per heavy atom. The lowest BCUT2D eigenvalue weighted by molar-refractivity contribution is -0.124. The molecule has 0 bridgehead atoms. The molecule has 3 aromatic carbocycles. The summed E-state index contributed by atoms with van der Waals surface area (Å²) in [6, 6.07) is 12.6. The van der Waals surface area contributed by atoms with Crippen LogP contribution in [0.4, 0.5) is 30.2 Å². The SMILES string of the molecule is COC(=O)c1cc(F)c(NC(=O)C(C2CCCCC2)C2(c3ccc(Cl)cc3)Nc3cc(F)c(F)cc3N2)c(C#N)c1. The number of methoxy groups -OCH3 is 1. The molecule has 1 saturated carbocycles. The minimum Gasteiger partial charge on any atom is -0.465 e. The minimum atomic E-state index is -1.41. The number of carbonyl (C=O) groups excluding carboxylic acids is 2. The van der Waals surface area contributed by atoms with Crippen LogP contribution in [0.25, 0.3) is 0 Å². The standard InChI is InChI=1S/C30H26ClF3N4O3/c1-41-29(40)17-11-18(15-35)27(23(34)12-17)36-28(39)26(16-5-3-2-4-6-16)30(19-7-9-20(31)10-8-19)37-24-13-21(32)22(33)14-25(24)38-30/h7-14,16,26,37-38H,2-6H2,1H3,(H,36,39). The average Bonchev–Trinajstić information content (AvgIpc) is 3.33. The third-order valence-corrected chi connectivity index (χ3v) is 8.03. The number of anilines is 3. The molecule has 7 nitrogen and oxygen atoms in total. The van der Waals surface area contributed by atoms with E-state index in [2.05, 4.69) is 20.7 Å². The van der Waals surface area contributed by atoms with Gasteiger partial charge in [-0.3, -0.25) is 4.79 Å². The summed E-state index contributed by atoms with van der Waals surface area (Å²) in [5.74, 6) is -5.75. The van der Waals surface area contributed by atoms with Gasteiger partial charge in [-0.1, -0.05) is 43.0 Å². The van der Waals surface area contributed by atoms with Crippen molar-refractivity contribution in [3.63, 3.8) is 0 Å². The predicted octanol–water partition coefficient (Wildman–Crippen LogP) is 6.94. The van der Waals surface area contributed by atoms with E-state index in [-0.39, 0.29) is 34.1 Å². The van der Waals surface area contributed by atoms with Crippen LogP contribution in [0.2, 0.25) is 5.02 Å². The molecule has 3 aromatic rings. The monoisotopic (exact) mass is 582 g/mol. The van der Waals surface area contributed by atoms with E-state index < -0.39 is 40.9 Å². The van der Waals surface area contributed by atoms with Crippen molar-refractivity contribution in [1.29, 1.82) is 5.26 Å². The van der Waals surface area contributed by atoms with Crippen LogP contribution in [-0.4, -0.2) is 19.0 Å². The number of halogens is 4.